The van der Waals surface area contributed by atoms with Gasteiger partial charge in [-0.05, 0) is 0 Å². The maximum atomic E-state index is 12.1. The molecular weight excluding hydrogens is 443 g/mol. The minimum atomic E-state index is -0.0225. The zero-order valence-electron chi connectivity index (χ0n) is 12.1. The fraction of sp³-hybridized carbons (Fsp3) is 0.400. The van der Waals surface area contributed by atoms with Gasteiger partial charge in [0.2, 0.25) is 0 Å². The monoisotopic (exact) mass is 463 g/mol. The van der Waals surface area contributed by atoms with E-state index < -0.39 is 0 Å². The van der Waals surface area contributed by atoms with Gasteiger partial charge in [-0.1, -0.05) is 0 Å². The van der Waals surface area contributed by atoms with E-state index in [1.165, 1.54) is 3.12 Å². The summed E-state index contributed by atoms with van der Waals surface area (Å²) in [5.41, 5.74) is 1.68. The van der Waals surface area contributed by atoms with Gasteiger partial charge in [0.15, 0.2) is 0 Å². The predicted octanol–water partition coefficient (Wildman–Crippen LogP) is 1.03. The Morgan fingerprint density at radius 1 is 1.30 bits per heavy atom. The molecule has 4 nitrogen and oxygen atoms in total. The van der Waals surface area contributed by atoms with Crippen LogP contribution in [0.4, 0.5) is 0 Å². The summed E-state index contributed by atoms with van der Waals surface area (Å²) in [4.78, 5) is 17.6. The number of rotatable bonds is 6. The summed E-state index contributed by atoms with van der Waals surface area (Å²) >= 11 is 0.825. The molecule has 1 aromatic heterocycles. The molecule has 1 amide bonds. The van der Waals surface area contributed by atoms with Crippen LogP contribution in [-0.2, 0) is 0 Å². The number of fused-ring (bicyclic) bond motifs is 1. The molecule has 0 aliphatic rings. The number of hydrogen-bond acceptors (Lipinski definition) is 2. The van der Waals surface area contributed by atoms with Crippen LogP contribution in [0, 0.1) is 0 Å². The second-order valence-electron chi connectivity index (χ2n) is 4.81. The van der Waals surface area contributed by atoms with E-state index in [0.29, 0.717) is 12.2 Å². The van der Waals surface area contributed by atoms with E-state index in [0.717, 1.165) is 56.3 Å². The molecule has 2 aromatic rings. The number of carbonyl (C=O) groups excluding carboxylic acids is 1. The van der Waals surface area contributed by atoms with Crippen molar-refractivity contribution in [3.63, 3.8) is 0 Å². The molecule has 0 saturated carbocycles. The summed E-state index contributed by atoms with van der Waals surface area (Å²) in [5, 5.41) is 4.10. The van der Waals surface area contributed by atoms with Gasteiger partial charge in [0.25, 0.3) is 0 Å². The molecule has 5 heteroatoms. The van der Waals surface area contributed by atoms with Gasteiger partial charge in [-0.2, -0.15) is 0 Å². The first-order valence-electron chi connectivity index (χ1n) is 7.02. The van der Waals surface area contributed by atoms with Crippen LogP contribution in [0.15, 0.2) is 24.3 Å². The standard InChI is InChI=1S/C15H20N3O.Tl/c1-3-18(4-2)10-9-16-15(19)14-11-12-7-5-6-8-13(12)17-14;/h6-8,11,17H,3-4,9-10H2,1-2H3,(H,16,19);. The quantitative estimate of drug-likeness (QED) is 0.630. The third kappa shape index (κ3) is 3.82. The van der Waals surface area contributed by atoms with Gasteiger partial charge >= 0.3 is 136 Å². The van der Waals surface area contributed by atoms with Crippen molar-refractivity contribution in [2.24, 2.45) is 0 Å². The van der Waals surface area contributed by atoms with Crippen molar-refractivity contribution in [3.05, 3.63) is 30.0 Å². The number of aromatic nitrogens is 1. The van der Waals surface area contributed by atoms with Crippen LogP contribution in [0.25, 0.3) is 10.9 Å². The number of likely N-dealkylation sites (N-methyl/N-ethyl adjacent to an activating group) is 1. The average molecular weight is 463 g/mol. The Hall–Kier alpha value is -0.888. The number of amides is 1. The fourth-order valence-corrected chi connectivity index (χ4v) is 3.31. The van der Waals surface area contributed by atoms with Gasteiger partial charge in [-0.3, -0.25) is 0 Å². The molecule has 0 saturated heterocycles. The van der Waals surface area contributed by atoms with Gasteiger partial charge in [0, 0.05) is 0 Å². The van der Waals surface area contributed by atoms with E-state index in [1.807, 2.05) is 6.07 Å². The third-order valence-electron chi connectivity index (χ3n) is 3.50. The Morgan fingerprint density at radius 2 is 2.05 bits per heavy atom. The second-order valence-corrected chi connectivity index (χ2v) is 7.40. The summed E-state index contributed by atoms with van der Waals surface area (Å²) < 4.78 is 1.37. The van der Waals surface area contributed by atoms with E-state index in [9.17, 15) is 4.79 Å². The van der Waals surface area contributed by atoms with Crippen molar-refractivity contribution in [2.45, 2.75) is 13.8 Å². The SMILES string of the molecule is CCN(CC)CCNC(=O)c1cc2c[c]([Tl])ccc2[nH]1. The van der Waals surface area contributed by atoms with Gasteiger partial charge in [-0.15, -0.1) is 0 Å². The Labute approximate surface area is 135 Å². The summed E-state index contributed by atoms with van der Waals surface area (Å²) in [6.07, 6.45) is 0. The molecular formula is C15H20N3OTl. The molecule has 2 rings (SSSR count). The molecule has 0 atom stereocenters. The minimum absolute atomic E-state index is 0.0225. The molecule has 0 spiro atoms. The molecule has 104 valence electrons. The molecule has 0 aliphatic carbocycles. The topological polar surface area (TPSA) is 48.1 Å². The third-order valence-corrected chi connectivity index (χ3v) is 4.89. The van der Waals surface area contributed by atoms with Crippen LogP contribution in [0.5, 0.6) is 0 Å². The Kier molecular flexibility index (Phi) is 5.59. The van der Waals surface area contributed by atoms with Gasteiger partial charge in [-0.25, -0.2) is 0 Å². The number of H-pyrrole nitrogens is 1. The van der Waals surface area contributed by atoms with Crippen molar-refractivity contribution in [1.82, 2.24) is 15.2 Å². The van der Waals surface area contributed by atoms with Crippen molar-refractivity contribution in [3.8, 4) is 0 Å². The summed E-state index contributed by atoms with van der Waals surface area (Å²) in [6.45, 7) is 7.88. The number of nitrogens with zero attached hydrogens (tertiary/aromatic N) is 1. The maximum absolute atomic E-state index is 12.1. The van der Waals surface area contributed by atoms with Crippen LogP contribution in [0.3, 0.4) is 0 Å². The molecule has 0 radical (unpaired) electrons. The molecule has 0 unspecified atom stereocenters. The number of benzene rings is 1. The number of hydrogen-bond donors (Lipinski definition) is 2. The van der Waals surface area contributed by atoms with Crippen LogP contribution < -0.4 is 8.44 Å². The van der Waals surface area contributed by atoms with E-state index >= 15 is 0 Å². The van der Waals surface area contributed by atoms with Crippen LogP contribution in [0.1, 0.15) is 24.3 Å². The fourth-order valence-electron chi connectivity index (χ4n) is 2.24. The first kappa shape index (κ1) is 15.5. The molecule has 0 aliphatic heterocycles. The Balaban J connectivity index is 1.97. The van der Waals surface area contributed by atoms with E-state index in [-0.39, 0.29) is 5.91 Å². The summed E-state index contributed by atoms with van der Waals surface area (Å²) in [6, 6.07) is 8.26. The molecule has 1 heterocycles. The summed E-state index contributed by atoms with van der Waals surface area (Å²) in [5.74, 6) is -0.0225. The number of carbonyl (C=O) groups is 1. The molecule has 1 aromatic carbocycles. The van der Waals surface area contributed by atoms with Gasteiger partial charge < -0.3 is 0 Å². The molecule has 0 bridgehead atoms. The van der Waals surface area contributed by atoms with Crippen LogP contribution >= 0.6 is 0 Å². The van der Waals surface area contributed by atoms with Crippen molar-refractivity contribution in [1.29, 1.82) is 0 Å². The van der Waals surface area contributed by atoms with E-state index in [1.54, 1.807) is 0 Å². The number of nitrogens with one attached hydrogen (secondary N) is 2. The summed E-state index contributed by atoms with van der Waals surface area (Å²) in [7, 11) is 0. The van der Waals surface area contributed by atoms with Crippen molar-refractivity contribution in [2.75, 3.05) is 26.2 Å². The zero-order chi connectivity index (χ0) is 14.5. The van der Waals surface area contributed by atoms with Crippen molar-refractivity contribution < 1.29 is 4.79 Å². The molecule has 0 fully saturated rings. The Bertz CT molecular complexity index is 590. The zero-order valence-corrected chi connectivity index (χ0v) is 16.6. The van der Waals surface area contributed by atoms with Gasteiger partial charge in [0.1, 0.15) is 0 Å². The van der Waals surface area contributed by atoms with E-state index in [4.69, 9.17) is 0 Å². The second kappa shape index (κ2) is 7.22. The Morgan fingerprint density at radius 3 is 2.75 bits per heavy atom. The predicted molar refractivity (Wildman–Crippen MR) is 83.8 cm³/mol. The molecule has 20 heavy (non-hydrogen) atoms. The normalized spacial score (nSPS) is 11.1. The first-order valence-corrected chi connectivity index (χ1v) is 9.27. The number of aromatic amines is 1. The van der Waals surface area contributed by atoms with Gasteiger partial charge in [0.05, 0.1) is 0 Å². The molecule has 2 N–H and O–H groups in total. The average Bonchev–Trinajstić information content (AvgIpc) is 2.86. The van der Waals surface area contributed by atoms with Crippen LogP contribution in [0.2, 0.25) is 0 Å². The first-order chi connectivity index (χ1) is 9.63. The van der Waals surface area contributed by atoms with Crippen molar-refractivity contribution >= 4 is 45.7 Å². The van der Waals surface area contributed by atoms with Crippen LogP contribution in [-0.4, -0.2) is 67.7 Å². The van der Waals surface area contributed by atoms with E-state index in [2.05, 4.69) is 47.2 Å².